The van der Waals surface area contributed by atoms with Gasteiger partial charge in [-0.15, -0.1) is 24.8 Å². The van der Waals surface area contributed by atoms with Crippen molar-refractivity contribution in [2.75, 3.05) is 11.4 Å². The highest BCUT2D eigenvalue weighted by atomic mass is 35.5. The standard InChI is InChI=1S/C19H27FN2O.2ClH/c1-19(2)12-22(17-6-4-3-5-16(17)21-19)13-7-10-18(15(20)11-13)23-14-8-9-14;;/h7,10-11,14,16-17,21H,3-6,8-9,12H2,1-2H3;2*1H/t16-,17+;;/m1../s1. The first-order chi connectivity index (χ1) is 11.0. The van der Waals surface area contributed by atoms with Gasteiger partial charge < -0.3 is 15.0 Å². The van der Waals surface area contributed by atoms with Gasteiger partial charge in [-0.05, 0) is 51.7 Å². The van der Waals surface area contributed by atoms with Crippen molar-refractivity contribution in [3.05, 3.63) is 24.0 Å². The topological polar surface area (TPSA) is 24.5 Å². The van der Waals surface area contributed by atoms with Gasteiger partial charge in [0.15, 0.2) is 11.6 Å². The minimum absolute atomic E-state index is 0. The molecule has 0 bridgehead atoms. The molecule has 2 atom stereocenters. The van der Waals surface area contributed by atoms with E-state index in [1.807, 2.05) is 12.1 Å². The van der Waals surface area contributed by atoms with Crippen LogP contribution in [0.4, 0.5) is 10.1 Å². The van der Waals surface area contributed by atoms with Gasteiger partial charge in [-0.2, -0.15) is 0 Å². The van der Waals surface area contributed by atoms with Gasteiger partial charge in [-0.3, -0.25) is 0 Å². The number of hydrogen-bond donors (Lipinski definition) is 1. The van der Waals surface area contributed by atoms with Crippen LogP contribution in [0.1, 0.15) is 52.4 Å². The van der Waals surface area contributed by atoms with Crippen LogP contribution in [0.3, 0.4) is 0 Å². The number of fused-ring (bicyclic) bond motifs is 1. The maximum absolute atomic E-state index is 14.4. The molecule has 142 valence electrons. The van der Waals surface area contributed by atoms with E-state index in [2.05, 4.69) is 24.1 Å². The van der Waals surface area contributed by atoms with E-state index in [0.29, 0.717) is 17.8 Å². The van der Waals surface area contributed by atoms with Gasteiger partial charge in [-0.25, -0.2) is 4.39 Å². The third-order valence-electron chi connectivity index (χ3n) is 5.34. The zero-order valence-electron chi connectivity index (χ0n) is 15.0. The average molecular weight is 391 g/mol. The van der Waals surface area contributed by atoms with Crippen molar-refractivity contribution in [1.82, 2.24) is 5.32 Å². The smallest absolute Gasteiger partial charge is 0.167 e. The lowest BCUT2D eigenvalue weighted by atomic mass is 9.83. The van der Waals surface area contributed by atoms with Crippen LogP contribution < -0.4 is 15.0 Å². The van der Waals surface area contributed by atoms with E-state index in [-0.39, 0.29) is 42.3 Å². The second-order valence-corrected chi connectivity index (χ2v) is 8.05. The van der Waals surface area contributed by atoms with Crippen LogP contribution in [-0.4, -0.2) is 30.3 Å². The molecule has 2 aliphatic carbocycles. The largest absolute Gasteiger partial charge is 0.487 e. The molecule has 1 saturated heterocycles. The number of nitrogens with zero attached hydrogens (tertiary/aromatic N) is 1. The van der Waals surface area contributed by atoms with E-state index in [0.717, 1.165) is 25.1 Å². The minimum atomic E-state index is -0.224. The summed E-state index contributed by atoms with van der Waals surface area (Å²) in [6, 6.07) is 6.51. The molecule has 1 aromatic rings. The van der Waals surface area contributed by atoms with Crippen LogP contribution in [0.15, 0.2) is 18.2 Å². The number of rotatable bonds is 3. The summed E-state index contributed by atoms with van der Waals surface area (Å²) < 4.78 is 20.1. The first kappa shape index (κ1) is 20.6. The monoisotopic (exact) mass is 390 g/mol. The van der Waals surface area contributed by atoms with E-state index in [1.54, 1.807) is 6.07 Å². The van der Waals surface area contributed by atoms with Crippen LogP contribution in [0.5, 0.6) is 5.75 Å². The highest BCUT2D eigenvalue weighted by Gasteiger charge is 2.40. The second kappa shape index (κ2) is 7.89. The van der Waals surface area contributed by atoms with Crippen LogP contribution in [0, 0.1) is 5.82 Å². The summed E-state index contributed by atoms with van der Waals surface area (Å²) in [6.45, 7) is 5.40. The van der Waals surface area contributed by atoms with Crippen molar-refractivity contribution in [1.29, 1.82) is 0 Å². The summed E-state index contributed by atoms with van der Waals surface area (Å²) in [5.41, 5.74) is 1.05. The highest BCUT2D eigenvalue weighted by molar-refractivity contribution is 5.85. The van der Waals surface area contributed by atoms with Gasteiger partial charge in [0.1, 0.15) is 0 Å². The van der Waals surface area contributed by atoms with Gasteiger partial charge >= 0.3 is 0 Å². The number of ether oxygens (including phenoxy) is 1. The molecular weight excluding hydrogens is 362 g/mol. The van der Waals surface area contributed by atoms with E-state index in [9.17, 15) is 4.39 Å². The van der Waals surface area contributed by atoms with Crippen LogP contribution >= 0.6 is 24.8 Å². The van der Waals surface area contributed by atoms with E-state index in [1.165, 1.54) is 25.7 Å². The predicted molar refractivity (Wildman–Crippen MR) is 105 cm³/mol. The van der Waals surface area contributed by atoms with Gasteiger partial charge in [-0.1, -0.05) is 12.8 Å². The van der Waals surface area contributed by atoms with Crippen molar-refractivity contribution in [2.45, 2.75) is 76.1 Å². The summed E-state index contributed by atoms with van der Waals surface area (Å²) in [5.74, 6) is 0.184. The van der Waals surface area contributed by atoms with Crippen molar-refractivity contribution in [2.24, 2.45) is 0 Å². The normalized spacial score (nSPS) is 27.6. The molecule has 4 rings (SSSR count). The minimum Gasteiger partial charge on any atom is -0.487 e. The fourth-order valence-corrected chi connectivity index (χ4v) is 4.16. The number of benzene rings is 1. The fraction of sp³-hybridized carbons (Fsp3) is 0.684. The molecule has 0 spiro atoms. The summed E-state index contributed by atoms with van der Waals surface area (Å²) in [5, 5.41) is 3.79. The Bertz CT molecular complexity index is 595. The summed E-state index contributed by atoms with van der Waals surface area (Å²) >= 11 is 0. The lowest BCUT2D eigenvalue weighted by Gasteiger charge is -2.52. The number of halogens is 3. The molecule has 0 radical (unpaired) electrons. The second-order valence-electron chi connectivity index (χ2n) is 8.05. The van der Waals surface area contributed by atoms with Crippen molar-refractivity contribution in [3.8, 4) is 5.75 Å². The van der Waals surface area contributed by atoms with Gasteiger partial charge in [0.05, 0.1) is 6.10 Å². The third-order valence-corrected chi connectivity index (χ3v) is 5.34. The number of piperazine rings is 1. The quantitative estimate of drug-likeness (QED) is 0.808. The molecule has 1 N–H and O–H groups in total. The van der Waals surface area contributed by atoms with Crippen molar-refractivity contribution in [3.63, 3.8) is 0 Å². The molecular formula is C19H29Cl2FN2O. The van der Waals surface area contributed by atoms with E-state index in [4.69, 9.17) is 4.74 Å². The third kappa shape index (κ3) is 4.53. The molecule has 25 heavy (non-hydrogen) atoms. The molecule has 0 amide bonds. The molecule has 1 heterocycles. The Hall–Kier alpha value is -0.710. The number of anilines is 1. The number of hydrogen-bond acceptors (Lipinski definition) is 3. The first-order valence-electron chi connectivity index (χ1n) is 9.02. The highest BCUT2D eigenvalue weighted by Crippen LogP contribution is 2.36. The molecule has 2 saturated carbocycles. The van der Waals surface area contributed by atoms with Gasteiger partial charge in [0.2, 0.25) is 0 Å². The number of nitrogens with one attached hydrogen (secondary N) is 1. The Morgan fingerprint density at radius 2 is 1.84 bits per heavy atom. The maximum atomic E-state index is 14.4. The zero-order chi connectivity index (χ0) is 16.0. The maximum Gasteiger partial charge on any atom is 0.167 e. The summed E-state index contributed by atoms with van der Waals surface area (Å²) in [4.78, 5) is 2.42. The molecule has 1 aliphatic heterocycles. The van der Waals surface area contributed by atoms with Crippen LogP contribution in [0.2, 0.25) is 0 Å². The molecule has 1 aromatic carbocycles. The van der Waals surface area contributed by atoms with Crippen molar-refractivity contribution >= 4 is 30.5 Å². The average Bonchev–Trinajstić information content (AvgIpc) is 3.31. The molecule has 6 heteroatoms. The van der Waals surface area contributed by atoms with Gasteiger partial charge in [0.25, 0.3) is 0 Å². The van der Waals surface area contributed by atoms with Gasteiger partial charge in [0, 0.05) is 35.9 Å². The Kier molecular flexibility index (Phi) is 6.50. The Balaban J connectivity index is 0.00000113. The molecule has 3 fully saturated rings. The lowest BCUT2D eigenvalue weighted by molar-refractivity contribution is 0.199. The molecule has 3 aliphatic rings. The Morgan fingerprint density at radius 1 is 1.12 bits per heavy atom. The summed E-state index contributed by atoms with van der Waals surface area (Å²) in [7, 11) is 0. The molecule has 0 unspecified atom stereocenters. The van der Waals surface area contributed by atoms with Crippen molar-refractivity contribution < 1.29 is 9.13 Å². The fourth-order valence-electron chi connectivity index (χ4n) is 4.16. The summed E-state index contributed by atoms with van der Waals surface area (Å²) in [6.07, 6.45) is 7.31. The van der Waals surface area contributed by atoms with E-state index >= 15 is 0 Å². The zero-order valence-corrected chi connectivity index (χ0v) is 16.6. The Morgan fingerprint density at radius 3 is 2.52 bits per heavy atom. The van der Waals surface area contributed by atoms with E-state index < -0.39 is 0 Å². The Labute approximate surface area is 162 Å². The van der Waals surface area contributed by atoms with Crippen LogP contribution in [-0.2, 0) is 0 Å². The predicted octanol–water partition coefficient (Wildman–Crippen LogP) is 4.71. The molecule has 0 aromatic heterocycles. The lowest BCUT2D eigenvalue weighted by Crippen LogP contribution is -2.67. The first-order valence-corrected chi connectivity index (χ1v) is 9.02. The SMILES string of the molecule is CC1(C)CN(c2ccc(OC3CC3)c(F)c2)[C@H]2CCCC[C@H]2N1.Cl.Cl. The molecule has 3 nitrogen and oxygen atoms in total. The van der Waals surface area contributed by atoms with Crippen LogP contribution in [0.25, 0.3) is 0 Å².